The van der Waals surface area contributed by atoms with Gasteiger partial charge >= 0.3 is 5.97 Å². The van der Waals surface area contributed by atoms with E-state index in [1.807, 2.05) is 49.4 Å². The minimum Gasteiger partial charge on any atom is -0.497 e. The van der Waals surface area contributed by atoms with Crippen molar-refractivity contribution in [2.75, 3.05) is 13.7 Å². The van der Waals surface area contributed by atoms with Gasteiger partial charge in [-0.1, -0.05) is 53.7 Å². The van der Waals surface area contributed by atoms with Crippen LogP contribution < -0.4 is 16.3 Å². The molecule has 0 aromatic heterocycles. The van der Waals surface area contributed by atoms with Gasteiger partial charge in [-0.15, -0.1) is 0 Å². The first-order chi connectivity index (χ1) is 13.8. The number of hydrogen-bond acceptors (Lipinski definition) is 7. The highest BCUT2D eigenvalue weighted by Crippen LogP contribution is 2.26. The Balaban J connectivity index is 0.00000450. The zero-order valence-corrected chi connectivity index (χ0v) is 18.3. The molecule has 1 aromatic rings. The van der Waals surface area contributed by atoms with Crippen LogP contribution >= 0.6 is 15.9 Å². The van der Waals surface area contributed by atoms with Crippen LogP contribution in [0.4, 0.5) is 0 Å². The summed E-state index contributed by atoms with van der Waals surface area (Å²) >= 11 is 3.58. The Bertz CT molecular complexity index is 842. The predicted octanol–water partition coefficient (Wildman–Crippen LogP) is 3.88. The van der Waals surface area contributed by atoms with Crippen LogP contribution in [0.1, 0.15) is 26.8 Å². The maximum atomic E-state index is 12.2. The number of methoxy groups -OCH3 is 1. The summed E-state index contributed by atoms with van der Waals surface area (Å²) in [5.74, 6) is 6.72. The number of nitrogens with two attached hydrogens (primary N) is 2. The predicted molar refractivity (Wildman–Crippen MR) is 122 cm³/mol. The number of carbonyl (C=O) groups excluding carboxylic acids is 1. The minimum atomic E-state index is -0.702. The number of carbonyl (C=O) groups is 1. The van der Waals surface area contributed by atoms with Gasteiger partial charge in [0.2, 0.25) is 5.88 Å². The van der Waals surface area contributed by atoms with Crippen molar-refractivity contribution in [3.63, 3.8) is 0 Å². The summed E-state index contributed by atoms with van der Waals surface area (Å²) in [5, 5.41) is 1.27. The Morgan fingerprint density at radius 2 is 1.90 bits per heavy atom. The second-order valence-corrected chi connectivity index (χ2v) is 8.14. The lowest BCUT2D eigenvalue weighted by Crippen LogP contribution is -2.35. The second kappa shape index (κ2) is 11.5. The van der Waals surface area contributed by atoms with Crippen molar-refractivity contribution >= 4 is 21.9 Å². The van der Waals surface area contributed by atoms with Gasteiger partial charge in [0.15, 0.2) is 5.70 Å². The smallest absolute Gasteiger partial charge is 0.359 e. The number of esters is 1. The van der Waals surface area contributed by atoms with E-state index in [4.69, 9.17) is 25.8 Å². The lowest BCUT2D eigenvalue weighted by atomic mass is 10.1. The molecular formula is C22H30BrN3O4. The van der Waals surface area contributed by atoms with Crippen molar-refractivity contribution < 1.29 is 19.0 Å². The van der Waals surface area contributed by atoms with Crippen molar-refractivity contribution in [1.82, 2.24) is 5.01 Å². The number of benzene rings is 1. The summed E-state index contributed by atoms with van der Waals surface area (Å²) < 4.78 is 15.8. The molecule has 7 nitrogen and oxygen atoms in total. The van der Waals surface area contributed by atoms with Gasteiger partial charge in [0, 0.05) is 0 Å². The molecule has 4 N–H and O–H groups in total. The Hall–Kier alpha value is -2.71. The molecule has 8 heteroatoms. The lowest BCUT2D eigenvalue weighted by Gasteiger charge is -2.24. The third kappa shape index (κ3) is 7.27. The molecule has 164 valence electrons. The standard InChI is InChI=1S/C21H26BrN3O4.CH4/c1-4-28-20(26)18(23)19(29-17-6-5-12-21(2,22)13-11-17)25(24)14-15-7-9-16(27-3)10-8-15;/h5-13H,4,14,23-24H2,1-3H3;1H4/b19-18+;. The first-order valence-electron chi connectivity index (χ1n) is 9.03. The summed E-state index contributed by atoms with van der Waals surface area (Å²) in [4.78, 5) is 12.2. The van der Waals surface area contributed by atoms with Crippen molar-refractivity contribution in [2.24, 2.45) is 11.6 Å². The summed E-state index contributed by atoms with van der Waals surface area (Å²) in [6.45, 7) is 4.12. The van der Waals surface area contributed by atoms with E-state index in [1.54, 1.807) is 26.2 Å². The Morgan fingerprint density at radius 1 is 1.23 bits per heavy atom. The molecule has 0 amide bonds. The lowest BCUT2D eigenvalue weighted by molar-refractivity contribution is -0.139. The number of hydrazine groups is 1. The van der Waals surface area contributed by atoms with E-state index < -0.39 is 5.97 Å². The molecule has 0 radical (unpaired) electrons. The molecule has 30 heavy (non-hydrogen) atoms. The maximum absolute atomic E-state index is 12.2. The largest absolute Gasteiger partial charge is 0.497 e. The average molecular weight is 480 g/mol. The van der Waals surface area contributed by atoms with Gasteiger partial charge in [0.05, 0.1) is 24.6 Å². The molecule has 0 aliphatic heterocycles. The van der Waals surface area contributed by atoms with Gasteiger partial charge in [0.25, 0.3) is 0 Å². The van der Waals surface area contributed by atoms with Crippen LogP contribution in [0, 0.1) is 0 Å². The third-order valence-electron chi connectivity index (χ3n) is 3.97. The van der Waals surface area contributed by atoms with Crippen molar-refractivity contribution in [3.8, 4) is 5.75 Å². The fraction of sp³-hybridized carbons (Fsp3) is 0.318. The molecule has 0 saturated heterocycles. The SMILES string of the molecule is C.CCOC(=O)/C(N)=C(\OC1=CC=CC(C)(Br)C=C1)N(N)Cc1ccc(OC)cc1. The highest BCUT2D eigenvalue weighted by molar-refractivity contribution is 9.10. The van der Waals surface area contributed by atoms with Crippen LogP contribution in [-0.2, 0) is 20.8 Å². The molecule has 0 spiro atoms. The molecule has 0 heterocycles. The van der Waals surface area contributed by atoms with E-state index in [-0.39, 0.29) is 36.5 Å². The van der Waals surface area contributed by atoms with E-state index in [2.05, 4.69) is 15.9 Å². The zero-order chi connectivity index (χ0) is 21.4. The number of ether oxygens (including phenoxy) is 3. The molecule has 1 unspecified atom stereocenters. The van der Waals surface area contributed by atoms with Crippen molar-refractivity contribution in [3.05, 3.63) is 77.5 Å². The van der Waals surface area contributed by atoms with Crippen molar-refractivity contribution in [1.29, 1.82) is 0 Å². The van der Waals surface area contributed by atoms with Gasteiger partial charge in [-0.25, -0.2) is 10.6 Å². The molecule has 1 aliphatic rings. The Kier molecular flexibility index (Phi) is 9.68. The van der Waals surface area contributed by atoms with Crippen molar-refractivity contribution in [2.45, 2.75) is 32.1 Å². The van der Waals surface area contributed by atoms with Crippen LogP contribution in [0.5, 0.6) is 5.75 Å². The number of rotatable bonds is 8. The maximum Gasteiger partial charge on any atom is 0.359 e. The van der Waals surface area contributed by atoms with Gasteiger partial charge in [-0.2, -0.15) is 0 Å². The van der Waals surface area contributed by atoms with Gasteiger partial charge < -0.3 is 19.9 Å². The molecule has 0 fully saturated rings. The number of halogens is 1. The molecule has 0 bridgehead atoms. The van der Waals surface area contributed by atoms with Gasteiger partial charge in [-0.05, 0) is 43.7 Å². The number of alkyl halides is 1. The zero-order valence-electron chi connectivity index (χ0n) is 16.7. The normalized spacial score (nSPS) is 18.4. The molecule has 1 aromatic carbocycles. The number of hydrogen-bond donors (Lipinski definition) is 2. The minimum absolute atomic E-state index is 0. The monoisotopic (exact) mass is 479 g/mol. The highest BCUT2D eigenvalue weighted by atomic mass is 79.9. The van der Waals surface area contributed by atoms with Gasteiger partial charge in [0.1, 0.15) is 11.5 Å². The first kappa shape index (κ1) is 25.3. The van der Waals surface area contributed by atoms with Crippen LogP contribution in [-0.4, -0.2) is 29.0 Å². The quantitative estimate of drug-likeness (QED) is 0.146. The number of allylic oxidation sites excluding steroid dienone is 5. The summed E-state index contributed by atoms with van der Waals surface area (Å²) in [6.07, 6.45) is 9.23. The third-order valence-corrected chi connectivity index (χ3v) is 4.50. The highest BCUT2D eigenvalue weighted by Gasteiger charge is 2.22. The topological polar surface area (TPSA) is 100 Å². The summed E-state index contributed by atoms with van der Waals surface area (Å²) in [6, 6.07) is 7.36. The summed E-state index contributed by atoms with van der Waals surface area (Å²) in [5.41, 5.74) is 6.68. The van der Waals surface area contributed by atoms with Gasteiger partial charge in [-0.3, -0.25) is 5.01 Å². The van der Waals surface area contributed by atoms with E-state index in [9.17, 15) is 4.79 Å². The van der Waals surface area contributed by atoms with E-state index in [0.717, 1.165) is 11.3 Å². The second-order valence-electron chi connectivity index (χ2n) is 6.43. The van der Waals surface area contributed by atoms with E-state index in [1.165, 1.54) is 5.01 Å². The fourth-order valence-electron chi connectivity index (χ4n) is 2.43. The molecule has 1 atom stereocenters. The molecule has 1 aliphatic carbocycles. The Labute approximate surface area is 186 Å². The Morgan fingerprint density at radius 3 is 2.50 bits per heavy atom. The average Bonchev–Trinajstić information content (AvgIpc) is 2.86. The molecule has 0 saturated carbocycles. The van der Waals surface area contributed by atoms with Crippen LogP contribution in [0.25, 0.3) is 0 Å². The van der Waals surface area contributed by atoms with Crippen LogP contribution in [0.3, 0.4) is 0 Å². The fourth-order valence-corrected chi connectivity index (χ4v) is 2.72. The molecule has 2 rings (SSSR count). The van der Waals surface area contributed by atoms with E-state index >= 15 is 0 Å². The summed E-state index contributed by atoms with van der Waals surface area (Å²) in [7, 11) is 1.60. The van der Waals surface area contributed by atoms with E-state index in [0.29, 0.717) is 5.76 Å². The first-order valence-corrected chi connectivity index (χ1v) is 9.82. The molecular weight excluding hydrogens is 450 g/mol. The number of nitrogens with zero attached hydrogens (tertiary/aromatic N) is 1. The van der Waals surface area contributed by atoms with Crippen LogP contribution in [0.15, 0.2) is 72.0 Å². The van der Waals surface area contributed by atoms with Crippen LogP contribution in [0.2, 0.25) is 0 Å².